The van der Waals surface area contributed by atoms with Crippen LogP contribution in [0.4, 0.5) is 21.6 Å². The van der Waals surface area contributed by atoms with Crippen molar-refractivity contribution in [2.24, 2.45) is 5.73 Å². The highest BCUT2D eigenvalue weighted by atomic mass is 35.5. The van der Waals surface area contributed by atoms with Crippen LogP contribution in [0.15, 0.2) is 53.3 Å². The fraction of sp³-hybridized carbons (Fsp3) is 0.150. The van der Waals surface area contributed by atoms with Crippen molar-refractivity contribution in [2.75, 3.05) is 10.6 Å². The molecule has 0 fully saturated rings. The zero-order chi connectivity index (χ0) is 21.0. The largest absolute Gasteiger partial charge is 0.336 e. The molecule has 150 valence electrons. The van der Waals surface area contributed by atoms with E-state index < -0.39 is 17.3 Å². The number of hydrogen-bond acceptors (Lipinski definition) is 5. The van der Waals surface area contributed by atoms with Gasteiger partial charge in [0.1, 0.15) is 12.4 Å². The first kappa shape index (κ1) is 20.5. The maximum atomic E-state index is 13.1. The monoisotopic (exact) mass is 415 g/mol. The summed E-state index contributed by atoms with van der Waals surface area (Å²) >= 11 is 6.15. The van der Waals surface area contributed by atoms with E-state index in [-0.39, 0.29) is 17.5 Å². The number of halogens is 2. The molecule has 1 aromatic heterocycles. The molecule has 1 amide bonds. The van der Waals surface area contributed by atoms with E-state index in [1.54, 1.807) is 25.1 Å². The number of rotatable bonds is 6. The zero-order valence-electron chi connectivity index (χ0n) is 15.6. The van der Waals surface area contributed by atoms with Gasteiger partial charge in [0.05, 0.1) is 5.69 Å². The quantitative estimate of drug-likeness (QED) is 0.573. The van der Waals surface area contributed by atoms with E-state index in [4.69, 9.17) is 17.3 Å². The van der Waals surface area contributed by atoms with E-state index in [9.17, 15) is 14.0 Å². The number of aromatic nitrogens is 2. The highest BCUT2D eigenvalue weighted by molar-refractivity contribution is 6.30. The molecule has 2 aromatic carbocycles. The Bertz CT molecular complexity index is 1100. The highest BCUT2D eigenvalue weighted by Crippen LogP contribution is 2.17. The number of nitrogens with two attached hydrogens (primary N) is 1. The Morgan fingerprint density at radius 1 is 1.21 bits per heavy atom. The molecule has 0 bridgehead atoms. The van der Waals surface area contributed by atoms with Crippen LogP contribution in [0, 0.1) is 12.7 Å². The van der Waals surface area contributed by atoms with E-state index in [2.05, 4.69) is 15.6 Å². The van der Waals surface area contributed by atoms with Gasteiger partial charge in [0.15, 0.2) is 11.0 Å². The van der Waals surface area contributed by atoms with Crippen molar-refractivity contribution in [3.63, 3.8) is 0 Å². The summed E-state index contributed by atoms with van der Waals surface area (Å²) < 4.78 is 14.3. The van der Waals surface area contributed by atoms with Gasteiger partial charge in [-0.05, 0) is 48.9 Å². The minimum atomic E-state index is -0.526. The van der Waals surface area contributed by atoms with Crippen molar-refractivity contribution in [2.45, 2.75) is 20.0 Å². The first-order valence-electron chi connectivity index (χ1n) is 8.75. The van der Waals surface area contributed by atoms with Gasteiger partial charge in [-0.2, -0.15) is 0 Å². The summed E-state index contributed by atoms with van der Waals surface area (Å²) in [6, 6.07) is 12.5. The molecule has 0 aliphatic heterocycles. The maximum Gasteiger partial charge on any atom is 0.294 e. The summed E-state index contributed by atoms with van der Waals surface area (Å²) in [4.78, 5) is 29.3. The summed E-state index contributed by atoms with van der Waals surface area (Å²) in [5.74, 6) is -0.872. The normalized spacial score (nSPS) is 10.6. The molecular weight excluding hydrogens is 397 g/mol. The number of benzene rings is 2. The van der Waals surface area contributed by atoms with E-state index in [1.165, 1.54) is 28.8 Å². The Kier molecular flexibility index (Phi) is 6.26. The van der Waals surface area contributed by atoms with Crippen LogP contribution in [-0.4, -0.2) is 15.5 Å². The predicted octanol–water partition coefficient (Wildman–Crippen LogP) is 3.19. The fourth-order valence-corrected chi connectivity index (χ4v) is 2.87. The topological polar surface area (TPSA) is 102 Å². The average Bonchev–Trinajstić information content (AvgIpc) is 2.71. The number of nitrogens with one attached hydrogen (secondary N) is 2. The molecular formula is C20H19ClFN5O2. The summed E-state index contributed by atoms with van der Waals surface area (Å²) in [6.07, 6.45) is 0. The van der Waals surface area contributed by atoms with Gasteiger partial charge >= 0.3 is 0 Å². The van der Waals surface area contributed by atoms with Crippen molar-refractivity contribution in [1.29, 1.82) is 0 Å². The van der Waals surface area contributed by atoms with Crippen molar-refractivity contribution in [3.05, 3.63) is 81.1 Å². The van der Waals surface area contributed by atoms with Crippen molar-refractivity contribution in [1.82, 2.24) is 9.55 Å². The molecule has 0 atom stereocenters. The minimum Gasteiger partial charge on any atom is -0.336 e. The van der Waals surface area contributed by atoms with Crippen LogP contribution >= 0.6 is 11.6 Å². The van der Waals surface area contributed by atoms with E-state index in [1.807, 2.05) is 6.07 Å². The second-order valence-electron chi connectivity index (χ2n) is 6.31. The summed E-state index contributed by atoms with van der Waals surface area (Å²) in [6.45, 7) is 1.69. The van der Waals surface area contributed by atoms with Gasteiger partial charge in [-0.15, -0.1) is 0 Å². The summed E-state index contributed by atoms with van der Waals surface area (Å²) in [5, 5.41) is 5.62. The number of hydrogen-bond donors (Lipinski definition) is 3. The number of anilines is 3. The predicted molar refractivity (Wildman–Crippen MR) is 111 cm³/mol. The second-order valence-corrected chi connectivity index (χ2v) is 6.67. The molecule has 3 aromatic rings. The Balaban J connectivity index is 1.84. The second kappa shape index (κ2) is 8.85. The number of carbonyl (C=O) groups excluding carboxylic acids is 1. The number of carbonyl (C=O) groups is 1. The molecule has 0 aliphatic rings. The summed E-state index contributed by atoms with van der Waals surface area (Å²) in [7, 11) is 0. The van der Waals surface area contributed by atoms with Crippen LogP contribution in [0.25, 0.3) is 0 Å². The Hall–Kier alpha value is -3.23. The van der Waals surface area contributed by atoms with Gasteiger partial charge in [0, 0.05) is 17.9 Å². The van der Waals surface area contributed by atoms with Crippen molar-refractivity contribution < 1.29 is 9.18 Å². The molecule has 9 heteroatoms. The molecule has 7 nitrogen and oxygen atoms in total. The zero-order valence-corrected chi connectivity index (χ0v) is 16.3. The fourth-order valence-electron chi connectivity index (χ4n) is 2.68. The lowest BCUT2D eigenvalue weighted by Gasteiger charge is -2.14. The molecule has 3 rings (SSSR count). The first-order chi connectivity index (χ1) is 13.9. The van der Waals surface area contributed by atoms with Gasteiger partial charge in [0.2, 0.25) is 5.91 Å². The van der Waals surface area contributed by atoms with E-state index in [0.29, 0.717) is 23.6 Å². The average molecular weight is 416 g/mol. The molecule has 0 unspecified atom stereocenters. The molecule has 0 saturated carbocycles. The lowest BCUT2D eigenvalue weighted by atomic mass is 10.2. The molecule has 0 saturated heterocycles. The third kappa shape index (κ3) is 4.98. The van der Waals surface area contributed by atoms with Gasteiger partial charge in [0.25, 0.3) is 5.56 Å². The molecule has 0 spiro atoms. The highest BCUT2D eigenvalue weighted by Gasteiger charge is 2.15. The van der Waals surface area contributed by atoms with Crippen LogP contribution in [0.5, 0.6) is 0 Å². The van der Waals surface area contributed by atoms with Crippen LogP contribution in [-0.2, 0) is 17.9 Å². The molecule has 1 heterocycles. The van der Waals surface area contributed by atoms with Gasteiger partial charge in [-0.1, -0.05) is 23.7 Å². The molecule has 0 radical (unpaired) electrons. The summed E-state index contributed by atoms with van der Waals surface area (Å²) in [5.41, 5.74) is 7.35. The van der Waals surface area contributed by atoms with Gasteiger partial charge in [-0.3, -0.25) is 14.2 Å². The standard InChI is InChI=1S/C20H19ClFN5O2/c1-12-18(21)26-19(25-15-7-5-14(22)6-8-15)20(29)27(12)11-17(28)24-16-4-2-3-13(9-16)10-23/h2-9H,10-11,23H2,1H3,(H,24,28)(H,25,26). The van der Waals surface area contributed by atoms with Crippen molar-refractivity contribution in [3.8, 4) is 0 Å². The Morgan fingerprint density at radius 2 is 1.93 bits per heavy atom. The van der Waals surface area contributed by atoms with Gasteiger partial charge in [-0.25, -0.2) is 9.37 Å². The number of amides is 1. The Morgan fingerprint density at radius 3 is 2.62 bits per heavy atom. The smallest absolute Gasteiger partial charge is 0.294 e. The Labute approximate surface area is 171 Å². The van der Waals surface area contributed by atoms with Crippen LogP contribution in [0.2, 0.25) is 5.15 Å². The number of nitrogens with zero attached hydrogens (tertiary/aromatic N) is 2. The van der Waals surface area contributed by atoms with Crippen LogP contribution in [0.3, 0.4) is 0 Å². The van der Waals surface area contributed by atoms with Crippen LogP contribution < -0.4 is 21.9 Å². The molecule has 29 heavy (non-hydrogen) atoms. The van der Waals surface area contributed by atoms with E-state index in [0.717, 1.165) is 5.56 Å². The third-order valence-electron chi connectivity index (χ3n) is 4.22. The van der Waals surface area contributed by atoms with Gasteiger partial charge < -0.3 is 16.4 Å². The van der Waals surface area contributed by atoms with E-state index >= 15 is 0 Å². The first-order valence-corrected chi connectivity index (χ1v) is 9.13. The minimum absolute atomic E-state index is 0.0647. The lowest BCUT2D eigenvalue weighted by molar-refractivity contribution is -0.116. The molecule has 0 aliphatic carbocycles. The van der Waals surface area contributed by atoms with Crippen LogP contribution in [0.1, 0.15) is 11.3 Å². The maximum absolute atomic E-state index is 13.1. The lowest BCUT2D eigenvalue weighted by Crippen LogP contribution is -2.31. The van der Waals surface area contributed by atoms with Crippen molar-refractivity contribution >= 4 is 34.7 Å². The third-order valence-corrected chi connectivity index (χ3v) is 4.57. The SMILES string of the molecule is Cc1c(Cl)nc(Nc2ccc(F)cc2)c(=O)n1CC(=O)Nc1cccc(CN)c1. The molecule has 4 N–H and O–H groups in total.